The van der Waals surface area contributed by atoms with Gasteiger partial charge >= 0.3 is 0 Å². The van der Waals surface area contributed by atoms with Crippen molar-refractivity contribution in [1.29, 1.82) is 0 Å². The summed E-state index contributed by atoms with van der Waals surface area (Å²) in [4.78, 5) is 12.0. The number of halogens is 3. The van der Waals surface area contributed by atoms with Crippen LogP contribution in [0, 0.1) is 5.82 Å². The predicted octanol–water partition coefficient (Wildman–Crippen LogP) is 3.49. The fourth-order valence-corrected chi connectivity index (χ4v) is 1.83. The zero-order chi connectivity index (χ0) is 12.1. The molecule has 1 aromatic rings. The van der Waals surface area contributed by atoms with Crippen LogP contribution >= 0.6 is 31.9 Å². The number of amides is 1. The summed E-state index contributed by atoms with van der Waals surface area (Å²) in [5.74, 6) is -0.693. The highest BCUT2D eigenvalue weighted by atomic mass is 79.9. The standard InChI is InChI=1S/C11H12Br2FNO/c1-7(12)5-6-15-11(16)8-3-2-4-9(14)10(8)13/h2-4,7H,5-6H2,1H3,(H,15,16). The van der Waals surface area contributed by atoms with Crippen LogP contribution in [-0.2, 0) is 0 Å². The Hall–Kier alpha value is -0.420. The number of alkyl halides is 1. The number of carbonyl (C=O) groups excluding carboxylic acids is 1. The molecule has 5 heteroatoms. The van der Waals surface area contributed by atoms with Crippen molar-refractivity contribution in [1.82, 2.24) is 5.32 Å². The first-order chi connectivity index (χ1) is 7.52. The van der Waals surface area contributed by atoms with Gasteiger partial charge in [-0.1, -0.05) is 28.9 Å². The number of hydrogen-bond acceptors (Lipinski definition) is 1. The highest BCUT2D eigenvalue weighted by molar-refractivity contribution is 9.10. The smallest absolute Gasteiger partial charge is 0.252 e. The minimum Gasteiger partial charge on any atom is -0.352 e. The Kier molecular flexibility index (Phi) is 5.41. The third-order valence-corrected chi connectivity index (χ3v) is 3.29. The van der Waals surface area contributed by atoms with Crippen LogP contribution in [0.5, 0.6) is 0 Å². The van der Waals surface area contributed by atoms with E-state index in [1.807, 2.05) is 6.92 Å². The second-order valence-corrected chi connectivity index (χ2v) is 5.78. The average Bonchev–Trinajstić information content (AvgIpc) is 2.21. The van der Waals surface area contributed by atoms with Crippen molar-refractivity contribution >= 4 is 37.8 Å². The molecule has 1 rings (SSSR count). The first-order valence-corrected chi connectivity index (χ1v) is 6.59. The lowest BCUT2D eigenvalue weighted by atomic mass is 10.2. The molecule has 0 spiro atoms. The van der Waals surface area contributed by atoms with E-state index in [2.05, 4.69) is 37.2 Å². The van der Waals surface area contributed by atoms with E-state index in [-0.39, 0.29) is 10.4 Å². The summed E-state index contributed by atoms with van der Waals surface area (Å²) >= 11 is 6.44. The summed E-state index contributed by atoms with van der Waals surface area (Å²) in [5, 5.41) is 2.73. The minimum absolute atomic E-state index is 0.208. The Morgan fingerprint density at radius 2 is 2.25 bits per heavy atom. The van der Waals surface area contributed by atoms with Gasteiger partial charge in [0.15, 0.2) is 0 Å². The van der Waals surface area contributed by atoms with Gasteiger partial charge in [0.2, 0.25) is 0 Å². The Morgan fingerprint density at radius 1 is 1.56 bits per heavy atom. The summed E-state index contributed by atoms with van der Waals surface area (Å²) in [5.41, 5.74) is 0.322. The Labute approximate surface area is 111 Å². The fourth-order valence-electron chi connectivity index (χ4n) is 1.16. The molecule has 0 aliphatic heterocycles. The molecule has 1 amide bonds. The van der Waals surface area contributed by atoms with E-state index in [0.29, 0.717) is 16.9 Å². The average molecular weight is 353 g/mol. The molecule has 0 saturated carbocycles. The molecule has 0 saturated heterocycles. The molecule has 88 valence electrons. The molecule has 0 bridgehead atoms. The molecule has 1 aromatic carbocycles. The monoisotopic (exact) mass is 351 g/mol. The lowest BCUT2D eigenvalue weighted by Crippen LogP contribution is -2.26. The van der Waals surface area contributed by atoms with E-state index < -0.39 is 5.82 Å². The molecule has 0 aromatic heterocycles. The van der Waals surface area contributed by atoms with Crippen LogP contribution in [0.25, 0.3) is 0 Å². The quantitative estimate of drug-likeness (QED) is 0.825. The van der Waals surface area contributed by atoms with Gasteiger partial charge in [0.05, 0.1) is 10.0 Å². The van der Waals surface area contributed by atoms with E-state index >= 15 is 0 Å². The zero-order valence-corrected chi connectivity index (χ0v) is 11.9. The maximum atomic E-state index is 13.2. The van der Waals surface area contributed by atoms with Crippen molar-refractivity contribution in [2.24, 2.45) is 0 Å². The van der Waals surface area contributed by atoms with Gasteiger partial charge < -0.3 is 5.32 Å². The third kappa shape index (κ3) is 3.87. The molecule has 0 aliphatic carbocycles. The van der Waals surface area contributed by atoms with Gasteiger partial charge in [-0.05, 0) is 34.5 Å². The van der Waals surface area contributed by atoms with Gasteiger partial charge in [-0.3, -0.25) is 4.79 Å². The van der Waals surface area contributed by atoms with Crippen molar-refractivity contribution in [3.05, 3.63) is 34.1 Å². The topological polar surface area (TPSA) is 29.1 Å². The molecule has 0 radical (unpaired) electrons. The summed E-state index contributed by atoms with van der Waals surface area (Å²) in [6.07, 6.45) is 0.832. The van der Waals surface area contributed by atoms with Crippen LogP contribution in [-0.4, -0.2) is 17.3 Å². The molecule has 2 nitrogen and oxygen atoms in total. The van der Waals surface area contributed by atoms with Gasteiger partial charge in [0.1, 0.15) is 5.82 Å². The van der Waals surface area contributed by atoms with Crippen LogP contribution in [0.3, 0.4) is 0 Å². The van der Waals surface area contributed by atoms with Crippen LogP contribution in [0.2, 0.25) is 0 Å². The summed E-state index contributed by atoms with van der Waals surface area (Å²) in [6, 6.07) is 4.41. The molecule has 1 N–H and O–H groups in total. The summed E-state index contributed by atoms with van der Waals surface area (Å²) in [7, 11) is 0. The van der Waals surface area contributed by atoms with E-state index in [1.165, 1.54) is 12.1 Å². The molecular weight excluding hydrogens is 341 g/mol. The highest BCUT2D eigenvalue weighted by Crippen LogP contribution is 2.20. The van der Waals surface area contributed by atoms with Crippen molar-refractivity contribution in [2.45, 2.75) is 18.2 Å². The number of carbonyl (C=O) groups is 1. The summed E-state index contributed by atoms with van der Waals surface area (Å²) in [6.45, 7) is 2.57. The van der Waals surface area contributed by atoms with Crippen LogP contribution < -0.4 is 5.32 Å². The molecule has 0 fully saturated rings. The maximum absolute atomic E-state index is 13.2. The first-order valence-electron chi connectivity index (χ1n) is 4.88. The zero-order valence-electron chi connectivity index (χ0n) is 8.77. The fraction of sp³-hybridized carbons (Fsp3) is 0.364. The van der Waals surface area contributed by atoms with Crippen LogP contribution in [0.4, 0.5) is 4.39 Å². The maximum Gasteiger partial charge on any atom is 0.252 e. The summed E-state index contributed by atoms with van der Waals surface area (Å²) < 4.78 is 13.4. The van der Waals surface area contributed by atoms with Gasteiger partial charge in [-0.2, -0.15) is 0 Å². The van der Waals surface area contributed by atoms with E-state index in [0.717, 1.165) is 6.42 Å². The number of hydrogen-bond donors (Lipinski definition) is 1. The van der Waals surface area contributed by atoms with Gasteiger partial charge in [-0.15, -0.1) is 0 Å². The van der Waals surface area contributed by atoms with E-state index in [4.69, 9.17) is 0 Å². The molecule has 0 heterocycles. The molecule has 1 unspecified atom stereocenters. The van der Waals surface area contributed by atoms with Gasteiger partial charge in [0.25, 0.3) is 5.91 Å². The Morgan fingerprint density at radius 3 is 2.88 bits per heavy atom. The van der Waals surface area contributed by atoms with Crippen LogP contribution in [0.1, 0.15) is 23.7 Å². The number of rotatable bonds is 4. The molecule has 0 aliphatic rings. The molecular formula is C11H12Br2FNO. The van der Waals surface area contributed by atoms with Crippen LogP contribution in [0.15, 0.2) is 22.7 Å². The SMILES string of the molecule is CC(Br)CCNC(=O)c1cccc(F)c1Br. The highest BCUT2D eigenvalue weighted by Gasteiger charge is 2.12. The molecule has 16 heavy (non-hydrogen) atoms. The number of benzene rings is 1. The second kappa shape index (κ2) is 6.35. The van der Waals surface area contributed by atoms with Crippen molar-refractivity contribution in [3.8, 4) is 0 Å². The predicted molar refractivity (Wildman–Crippen MR) is 69.4 cm³/mol. The van der Waals surface area contributed by atoms with Crippen molar-refractivity contribution < 1.29 is 9.18 Å². The van der Waals surface area contributed by atoms with Gasteiger partial charge in [-0.25, -0.2) is 4.39 Å². The molecule has 1 atom stereocenters. The first kappa shape index (κ1) is 13.6. The van der Waals surface area contributed by atoms with Crippen molar-refractivity contribution in [3.63, 3.8) is 0 Å². The normalized spacial score (nSPS) is 12.2. The Bertz CT molecular complexity index is 382. The van der Waals surface area contributed by atoms with Gasteiger partial charge in [0, 0.05) is 11.4 Å². The number of nitrogens with one attached hydrogen (secondary N) is 1. The largest absolute Gasteiger partial charge is 0.352 e. The second-order valence-electron chi connectivity index (χ2n) is 3.43. The van der Waals surface area contributed by atoms with E-state index in [9.17, 15) is 9.18 Å². The van der Waals surface area contributed by atoms with E-state index in [1.54, 1.807) is 6.07 Å². The lowest BCUT2D eigenvalue weighted by molar-refractivity contribution is 0.0952. The lowest BCUT2D eigenvalue weighted by Gasteiger charge is -2.08. The minimum atomic E-state index is -0.429. The van der Waals surface area contributed by atoms with Crippen molar-refractivity contribution in [2.75, 3.05) is 6.54 Å². The third-order valence-electron chi connectivity index (χ3n) is 2.02. The Balaban J connectivity index is 2.63.